The molecule has 1 amide bonds. The van der Waals surface area contributed by atoms with Gasteiger partial charge in [-0.15, -0.1) is 0 Å². The predicted molar refractivity (Wildman–Crippen MR) is 82.0 cm³/mol. The number of nitrogens with zero attached hydrogens (tertiary/aromatic N) is 2. The maximum atomic E-state index is 13.0. The molecule has 1 heterocycles. The molecule has 7 heteroatoms. The summed E-state index contributed by atoms with van der Waals surface area (Å²) in [4.78, 5) is 23.2. The van der Waals surface area contributed by atoms with Gasteiger partial charge in [-0.1, -0.05) is 0 Å². The molecule has 0 unspecified atom stereocenters. The Kier molecular flexibility index (Phi) is 4.49. The van der Waals surface area contributed by atoms with Crippen LogP contribution in [0.25, 0.3) is 5.69 Å². The summed E-state index contributed by atoms with van der Waals surface area (Å²) < 4.78 is 14.4. The normalized spacial score (nSPS) is 11.3. The van der Waals surface area contributed by atoms with Gasteiger partial charge in [0.05, 0.1) is 11.1 Å². The van der Waals surface area contributed by atoms with E-state index in [2.05, 4.69) is 10.4 Å². The van der Waals surface area contributed by atoms with Crippen LogP contribution in [0.5, 0.6) is 0 Å². The van der Waals surface area contributed by atoms with Gasteiger partial charge in [0.1, 0.15) is 5.82 Å². The second-order valence-electron chi connectivity index (χ2n) is 5.95. The van der Waals surface area contributed by atoms with Crippen molar-refractivity contribution in [1.82, 2.24) is 15.1 Å². The number of rotatable bonds is 5. The molecule has 2 rings (SSSR count). The first-order chi connectivity index (χ1) is 10.7. The first-order valence-corrected chi connectivity index (χ1v) is 7.04. The van der Waals surface area contributed by atoms with Gasteiger partial charge in [-0.05, 0) is 45.0 Å². The predicted octanol–water partition coefficient (Wildman–Crippen LogP) is 2.16. The van der Waals surface area contributed by atoms with E-state index >= 15 is 0 Å². The van der Waals surface area contributed by atoms with Crippen LogP contribution >= 0.6 is 0 Å². The zero-order chi connectivity index (χ0) is 17.2. The summed E-state index contributed by atoms with van der Waals surface area (Å²) in [6.07, 6.45) is 1.66. The smallest absolute Gasteiger partial charge is 0.310 e. The lowest BCUT2D eigenvalue weighted by Crippen LogP contribution is -2.39. The van der Waals surface area contributed by atoms with E-state index < -0.39 is 17.3 Å². The molecule has 23 heavy (non-hydrogen) atoms. The number of halogens is 1. The van der Waals surface area contributed by atoms with Gasteiger partial charge >= 0.3 is 5.97 Å². The summed E-state index contributed by atoms with van der Waals surface area (Å²) in [6.45, 7) is 4.77. The van der Waals surface area contributed by atoms with Crippen molar-refractivity contribution in [2.75, 3.05) is 6.54 Å². The number of hydrogen-bond acceptors (Lipinski definition) is 3. The van der Waals surface area contributed by atoms with Crippen LogP contribution in [0.3, 0.4) is 0 Å². The van der Waals surface area contributed by atoms with Crippen LogP contribution in [0, 0.1) is 18.2 Å². The Morgan fingerprint density at radius 1 is 1.30 bits per heavy atom. The molecule has 0 radical (unpaired) electrons. The number of nitrogens with one attached hydrogen (secondary N) is 1. The van der Waals surface area contributed by atoms with Gasteiger partial charge in [-0.25, -0.2) is 9.07 Å². The Hall–Kier alpha value is -2.70. The Labute approximate surface area is 132 Å². The Morgan fingerprint density at radius 2 is 1.91 bits per heavy atom. The van der Waals surface area contributed by atoms with Crippen molar-refractivity contribution >= 4 is 11.9 Å². The first kappa shape index (κ1) is 16.7. The monoisotopic (exact) mass is 319 g/mol. The fraction of sp³-hybridized carbons (Fsp3) is 0.312. The van der Waals surface area contributed by atoms with E-state index in [0.717, 1.165) is 0 Å². The number of carboxylic acids is 1. The molecule has 0 saturated heterocycles. The summed E-state index contributed by atoms with van der Waals surface area (Å²) in [6, 6.07) is 5.72. The third-order valence-electron chi connectivity index (χ3n) is 3.47. The fourth-order valence-electron chi connectivity index (χ4n) is 1.87. The molecule has 122 valence electrons. The van der Waals surface area contributed by atoms with Crippen molar-refractivity contribution < 1.29 is 19.1 Å². The standard InChI is InChI=1S/C16H18FN3O3/c1-10-8-20(12-6-4-11(17)5-7-12)19-13(10)14(21)18-9-16(2,3)15(22)23/h4-8H,9H2,1-3H3,(H,18,21)(H,22,23). The van der Waals surface area contributed by atoms with E-state index in [1.807, 2.05) is 0 Å². The zero-order valence-electron chi connectivity index (χ0n) is 13.1. The van der Waals surface area contributed by atoms with Crippen molar-refractivity contribution in [3.8, 4) is 5.69 Å². The summed E-state index contributed by atoms with van der Waals surface area (Å²) in [5, 5.41) is 15.8. The average Bonchev–Trinajstić information content (AvgIpc) is 2.87. The van der Waals surface area contributed by atoms with Crippen molar-refractivity contribution in [2.45, 2.75) is 20.8 Å². The second kappa shape index (κ2) is 6.20. The summed E-state index contributed by atoms with van der Waals surface area (Å²) in [5.74, 6) is -1.80. The van der Waals surface area contributed by atoms with E-state index in [1.54, 1.807) is 25.3 Å². The zero-order valence-corrected chi connectivity index (χ0v) is 13.1. The number of amides is 1. The van der Waals surface area contributed by atoms with Gasteiger partial charge in [0.2, 0.25) is 0 Å². The topological polar surface area (TPSA) is 84.2 Å². The van der Waals surface area contributed by atoms with Crippen LogP contribution in [0.1, 0.15) is 29.9 Å². The van der Waals surface area contributed by atoms with E-state index in [1.165, 1.54) is 30.7 Å². The van der Waals surface area contributed by atoms with Gasteiger partial charge in [0, 0.05) is 18.3 Å². The van der Waals surface area contributed by atoms with Crippen LogP contribution in [0.15, 0.2) is 30.5 Å². The molecule has 0 atom stereocenters. The second-order valence-corrected chi connectivity index (χ2v) is 5.95. The molecule has 2 N–H and O–H groups in total. The Bertz CT molecular complexity index is 736. The molecule has 1 aromatic carbocycles. The third-order valence-corrected chi connectivity index (χ3v) is 3.47. The van der Waals surface area contributed by atoms with Gasteiger partial charge in [0.15, 0.2) is 5.69 Å². The summed E-state index contributed by atoms with van der Waals surface area (Å²) >= 11 is 0. The van der Waals surface area contributed by atoms with Crippen molar-refractivity contribution in [3.63, 3.8) is 0 Å². The van der Waals surface area contributed by atoms with Gasteiger partial charge in [-0.2, -0.15) is 5.10 Å². The van der Waals surface area contributed by atoms with Crippen LogP contribution in [-0.2, 0) is 4.79 Å². The lowest BCUT2D eigenvalue weighted by molar-refractivity contribution is -0.146. The average molecular weight is 319 g/mol. The van der Waals surface area contributed by atoms with Gasteiger partial charge < -0.3 is 10.4 Å². The highest BCUT2D eigenvalue weighted by molar-refractivity contribution is 5.94. The first-order valence-electron chi connectivity index (χ1n) is 7.04. The maximum Gasteiger partial charge on any atom is 0.310 e. The SMILES string of the molecule is Cc1cn(-c2ccc(F)cc2)nc1C(=O)NCC(C)(C)C(=O)O. The molecule has 0 saturated carbocycles. The quantitative estimate of drug-likeness (QED) is 0.884. The van der Waals surface area contributed by atoms with Gasteiger partial charge in [0.25, 0.3) is 5.91 Å². The highest BCUT2D eigenvalue weighted by Gasteiger charge is 2.28. The number of aromatic nitrogens is 2. The number of carboxylic acid groups (broad SMARTS) is 1. The van der Waals surface area contributed by atoms with Crippen molar-refractivity contribution in [2.24, 2.45) is 5.41 Å². The van der Waals surface area contributed by atoms with E-state index in [-0.39, 0.29) is 18.1 Å². The Balaban J connectivity index is 2.16. The minimum absolute atomic E-state index is 0.00991. The number of aliphatic carboxylic acids is 1. The van der Waals surface area contributed by atoms with Crippen LogP contribution in [0.2, 0.25) is 0 Å². The molecule has 1 aromatic heterocycles. The number of carbonyl (C=O) groups excluding carboxylic acids is 1. The molecule has 0 fully saturated rings. The van der Waals surface area contributed by atoms with E-state index in [9.17, 15) is 14.0 Å². The highest BCUT2D eigenvalue weighted by Crippen LogP contribution is 2.15. The number of carbonyl (C=O) groups is 2. The minimum Gasteiger partial charge on any atom is -0.481 e. The summed E-state index contributed by atoms with van der Waals surface area (Å²) in [7, 11) is 0. The number of benzene rings is 1. The van der Waals surface area contributed by atoms with Crippen LogP contribution in [0.4, 0.5) is 4.39 Å². The van der Waals surface area contributed by atoms with E-state index in [4.69, 9.17) is 5.11 Å². The van der Waals surface area contributed by atoms with Crippen molar-refractivity contribution in [3.05, 3.63) is 47.5 Å². The lowest BCUT2D eigenvalue weighted by atomic mass is 9.94. The van der Waals surface area contributed by atoms with E-state index in [0.29, 0.717) is 11.3 Å². The third kappa shape index (κ3) is 3.74. The largest absolute Gasteiger partial charge is 0.481 e. The van der Waals surface area contributed by atoms with Crippen LogP contribution < -0.4 is 5.32 Å². The molecule has 0 spiro atoms. The number of hydrogen-bond donors (Lipinski definition) is 2. The molecular weight excluding hydrogens is 301 g/mol. The highest BCUT2D eigenvalue weighted by atomic mass is 19.1. The molecule has 0 bridgehead atoms. The molecule has 0 aliphatic carbocycles. The van der Waals surface area contributed by atoms with Gasteiger partial charge in [-0.3, -0.25) is 9.59 Å². The van der Waals surface area contributed by atoms with Crippen LogP contribution in [-0.4, -0.2) is 33.3 Å². The minimum atomic E-state index is -1.07. The van der Waals surface area contributed by atoms with Crippen molar-refractivity contribution in [1.29, 1.82) is 0 Å². The summed E-state index contributed by atoms with van der Waals surface area (Å²) in [5.41, 5.74) is 0.401. The maximum absolute atomic E-state index is 13.0. The Morgan fingerprint density at radius 3 is 2.48 bits per heavy atom. The number of aryl methyl sites for hydroxylation is 1. The lowest BCUT2D eigenvalue weighted by Gasteiger charge is -2.19. The molecule has 6 nitrogen and oxygen atoms in total. The molecule has 0 aliphatic rings. The molecular formula is C16H18FN3O3. The molecule has 0 aliphatic heterocycles. The fourth-order valence-corrected chi connectivity index (χ4v) is 1.87. The molecule has 2 aromatic rings.